The normalized spacial score (nSPS) is 14.5. The predicted molar refractivity (Wildman–Crippen MR) is 95.7 cm³/mol. The highest BCUT2D eigenvalue weighted by atomic mass is 16.1. The standard InChI is InChI=1S/C19H29N3O/c1-15(2)8-11-22-19(23)18-14-17(10-13-21-18)20-12-9-16-6-4-3-5-7-16/h6,10,13-15H,3-5,7-9,11-12H2,1-2H3,(H,20,21)(H,22,23). The van der Waals surface area contributed by atoms with Crippen molar-refractivity contribution in [3.05, 3.63) is 35.7 Å². The Balaban J connectivity index is 1.79. The van der Waals surface area contributed by atoms with Gasteiger partial charge in [0, 0.05) is 25.0 Å². The molecule has 1 aromatic rings. The van der Waals surface area contributed by atoms with Crippen LogP contribution in [0.25, 0.3) is 0 Å². The highest BCUT2D eigenvalue weighted by Gasteiger charge is 2.08. The van der Waals surface area contributed by atoms with Gasteiger partial charge in [-0.05, 0) is 56.6 Å². The van der Waals surface area contributed by atoms with E-state index in [1.165, 1.54) is 25.7 Å². The molecular formula is C19H29N3O. The molecule has 23 heavy (non-hydrogen) atoms. The second-order valence-corrected chi connectivity index (χ2v) is 6.65. The maximum atomic E-state index is 12.1. The summed E-state index contributed by atoms with van der Waals surface area (Å²) in [6, 6.07) is 3.75. The molecule has 0 atom stereocenters. The Kier molecular flexibility index (Phi) is 7.11. The van der Waals surface area contributed by atoms with Gasteiger partial charge < -0.3 is 10.6 Å². The number of allylic oxidation sites excluding steroid dienone is 1. The molecule has 4 heteroatoms. The Morgan fingerprint density at radius 3 is 2.91 bits per heavy atom. The van der Waals surface area contributed by atoms with Crippen LogP contribution in [0.3, 0.4) is 0 Å². The minimum absolute atomic E-state index is 0.0933. The summed E-state index contributed by atoms with van der Waals surface area (Å²) in [6.45, 7) is 5.90. The summed E-state index contributed by atoms with van der Waals surface area (Å²) in [5.41, 5.74) is 3.01. The van der Waals surface area contributed by atoms with Gasteiger partial charge in [0.2, 0.25) is 0 Å². The minimum Gasteiger partial charge on any atom is -0.385 e. The van der Waals surface area contributed by atoms with Gasteiger partial charge in [0.25, 0.3) is 5.91 Å². The van der Waals surface area contributed by atoms with Gasteiger partial charge in [-0.2, -0.15) is 0 Å². The highest BCUT2D eigenvalue weighted by molar-refractivity contribution is 5.93. The summed E-state index contributed by atoms with van der Waals surface area (Å²) in [7, 11) is 0. The summed E-state index contributed by atoms with van der Waals surface area (Å²) in [5, 5.41) is 6.33. The third-order valence-electron chi connectivity index (χ3n) is 4.16. The first-order valence-corrected chi connectivity index (χ1v) is 8.81. The molecule has 0 fully saturated rings. The van der Waals surface area contributed by atoms with Crippen LogP contribution in [0.1, 0.15) is 62.9 Å². The number of hydrogen-bond acceptors (Lipinski definition) is 3. The minimum atomic E-state index is -0.0933. The molecule has 1 heterocycles. The Morgan fingerprint density at radius 2 is 2.17 bits per heavy atom. The lowest BCUT2D eigenvalue weighted by Gasteiger charge is -2.13. The topological polar surface area (TPSA) is 54.0 Å². The average molecular weight is 315 g/mol. The van der Waals surface area contributed by atoms with Gasteiger partial charge in [-0.15, -0.1) is 0 Å². The van der Waals surface area contributed by atoms with E-state index in [-0.39, 0.29) is 5.91 Å². The molecule has 1 aliphatic carbocycles. The molecule has 0 spiro atoms. The smallest absolute Gasteiger partial charge is 0.269 e. The fourth-order valence-corrected chi connectivity index (χ4v) is 2.73. The summed E-state index contributed by atoms with van der Waals surface area (Å²) in [6.07, 6.45) is 11.3. The Labute approximate surface area is 139 Å². The Hall–Kier alpha value is -1.84. The van der Waals surface area contributed by atoms with Crippen LogP contribution < -0.4 is 10.6 Å². The van der Waals surface area contributed by atoms with Crippen LogP contribution in [0, 0.1) is 5.92 Å². The largest absolute Gasteiger partial charge is 0.385 e. The Bertz CT molecular complexity index is 537. The summed E-state index contributed by atoms with van der Waals surface area (Å²) in [4.78, 5) is 16.3. The van der Waals surface area contributed by atoms with Crippen LogP contribution in [0.15, 0.2) is 30.0 Å². The van der Waals surface area contributed by atoms with Crippen LogP contribution in [0.5, 0.6) is 0 Å². The molecule has 0 unspecified atom stereocenters. The van der Waals surface area contributed by atoms with Crippen LogP contribution in [-0.4, -0.2) is 24.0 Å². The second-order valence-electron chi connectivity index (χ2n) is 6.65. The van der Waals surface area contributed by atoms with Crippen LogP contribution in [0.4, 0.5) is 5.69 Å². The Morgan fingerprint density at radius 1 is 1.30 bits per heavy atom. The maximum Gasteiger partial charge on any atom is 0.269 e. The summed E-state index contributed by atoms with van der Waals surface area (Å²) in [5.74, 6) is 0.495. The van der Waals surface area contributed by atoms with Gasteiger partial charge in [-0.25, -0.2) is 0 Å². The lowest BCUT2D eigenvalue weighted by Crippen LogP contribution is -2.26. The van der Waals surface area contributed by atoms with Crippen LogP contribution in [-0.2, 0) is 0 Å². The number of nitrogens with one attached hydrogen (secondary N) is 2. The molecule has 2 rings (SSSR count). The number of hydrogen-bond donors (Lipinski definition) is 2. The monoisotopic (exact) mass is 315 g/mol. The first-order chi connectivity index (χ1) is 11.1. The van der Waals surface area contributed by atoms with Crippen molar-refractivity contribution in [1.82, 2.24) is 10.3 Å². The summed E-state index contributed by atoms with van der Waals surface area (Å²) >= 11 is 0. The van der Waals surface area contributed by atoms with Gasteiger partial charge in [-0.1, -0.05) is 25.5 Å². The molecule has 1 amide bonds. The molecule has 0 radical (unpaired) electrons. The molecule has 126 valence electrons. The number of nitrogens with zero attached hydrogens (tertiary/aromatic N) is 1. The fourth-order valence-electron chi connectivity index (χ4n) is 2.73. The zero-order valence-electron chi connectivity index (χ0n) is 14.4. The van der Waals surface area contributed by atoms with Crippen LogP contribution >= 0.6 is 0 Å². The third kappa shape index (κ3) is 6.43. The molecule has 0 saturated heterocycles. The van der Waals surface area contributed by atoms with E-state index in [2.05, 4.69) is 35.5 Å². The number of carbonyl (C=O) groups excluding carboxylic acids is 1. The molecule has 0 aliphatic heterocycles. The van der Waals surface area contributed by atoms with Crippen molar-refractivity contribution in [3.63, 3.8) is 0 Å². The zero-order valence-corrected chi connectivity index (χ0v) is 14.4. The van der Waals surface area contributed by atoms with Crippen molar-refractivity contribution in [2.24, 2.45) is 5.92 Å². The molecule has 1 aromatic heterocycles. The van der Waals surface area contributed by atoms with Crippen molar-refractivity contribution in [1.29, 1.82) is 0 Å². The molecular weight excluding hydrogens is 286 g/mol. The van der Waals surface area contributed by atoms with Crippen molar-refractivity contribution in [2.75, 3.05) is 18.4 Å². The molecule has 0 bridgehead atoms. The molecule has 1 aliphatic rings. The lowest BCUT2D eigenvalue weighted by atomic mass is 9.97. The lowest BCUT2D eigenvalue weighted by molar-refractivity contribution is 0.0947. The van der Waals surface area contributed by atoms with Crippen molar-refractivity contribution < 1.29 is 4.79 Å². The van der Waals surface area contributed by atoms with Gasteiger partial charge in [0.05, 0.1) is 0 Å². The van der Waals surface area contributed by atoms with E-state index in [1.54, 1.807) is 11.8 Å². The first-order valence-electron chi connectivity index (χ1n) is 8.81. The fraction of sp³-hybridized carbons (Fsp3) is 0.579. The maximum absolute atomic E-state index is 12.1. The van der Waals surface area contributed by atoms with E-state index in [0.29, 0.717) is 18.2 Å². The van der Waals surface area contributed by atoms with E-state index in [9.17, 15) is 4.79 Å². The molecule has 4 nitrogen and oxygen atoms in total. The number of anilines is 1. The van der Waals surface area contributed by atoms with E-state index >= 15 is 0 Å². The van der Waals surface area contributed by atoms with Crippen molar-refractivity contribution >= 4 is 11.6 Å². The number of aromatic nitrogens is 1. The predicted octanol–water partition coefficient (Wildman–Crippen LogP) is 4.16. The van der Waals surface area contributed by atoms with E-state index in [1.807, 2.05) is 12.1 Å². The van der Waals surface area contributed by atoms with Gasteiger partial charge in [0.15, 0.2) is 0 Å². The third-order valence-corrected chi connectivity index (χ3v) is 4.16. The molecule has 2 N–H and O–H groups in total. The van der Waals surface area contributed by atoms with Crippen molar-refractivity contribution in [3.8, 4) is 0 Å². The average Bonchev–Trinajstić information content (AvgIpc) is 2.56. The second kappa shape index (κ2) is 9.33. The first kappa shape index (κ1) is 17.5. The number of pyridine rings is 1. The van der Waals surface area contributed by atoms with E-state index in [0.717, 1.165) is 25.1 Å². The summed E-state index contributed by atoms with van der Waals surface area (Å²) < 4.78 is 0. The molecule has 0 aromatic carbocycles. The highest BCUT2D eigenvalue weighted by Crippen LogP contribution is 2.20. The SMILES string of the molecule is CC(C)CCNC(=O)c1cc(NCCC2=CCCCC2)ccn1. The van der Waals surface area contributed by atoms with E-state index in [4.69, 9.17) is 0 Å². The molecule has 0 saturated carbocycles. The number of rotatable bonds is 8. The van der Waals surface area contributed by atoms with E-state index < -0.39 is 0 Å². The number of carbonyl (C=O) groups is 1. The van der Waals surface area contributed by atoms with Gasteiger partial charge in [-0.3, -0.25) is 9.78 Å². The number of amides is 1. The van der Waals surface area contributed by atoms with Crippen LogP contribution in [0.2, 0.25) is 0 Å². The van der Waals surface area contributed by atoms with Gasteiger partial charge >= 0.3 is 0 Å². The zero-order chi connectivity index (χ0) is 16.5. The van der Waals surface area contributed by atoms with Crippen molar-refractivity contribution in [2.45, 2.75) is 52.4 Å². The van der Waals surface area contributed by atoms with Gasteiger partial charge in [0.1, 0.15) is 5.69 Å². The quantitative estimate of drug-likeness (QED) is 0.708.